The van der Waals surface area contributed by atoms with Gasteiger partial charge in [0.05, 0.1) is 13.2 Å². The molecular weight excluding hydrogens is 276 g/mol. The van der Waals surface area contributed by atoms with Crippen LogP contribution in [0.1, 0.15) is 18.9 Å². The van der Waals surface area contributed by atoms with E-state index in [1.165, 1.54) is 11.8 Å². The van der Waals surface area contributed by atoms with E-state index in [1.54, 1.807) is 6.08 Å². The van der Waals surface area contributed by atoms with Crippen LogP contribution in [0.15, 0.2) is 42.9 Å². The minimum atomic E-state index is 0.847. The van der Waals surface area contributed by atoms with Gasteiger partial charge in [0, 0.05) is 31.5 Å². The molecule has 1 aromatic rings. The Bertz CT molecular complexity index is 463. The number of nitrogens with one attached hydrogen (secondary N) is 1. The lowest BCUT2D eigenvalue weighted by atomic mass is 10.2. The van der Waals surface area contributed by atoms with Crippen LogP contribution in [0, 0.1) is 6.92 Å². The summed E-state index contributed by atoms with van der Waals surface area (Å²) in [6, 6.07) is 4.02. The van der Waals surface area contributed by atoms with E-state index in [9.17, 15) is 0 Å². The van der Waals surface area contributed by atoms with Crippen molar-refractivity contribution in [3.8, 4) is 0 Å². The predicted octanol–water partition coefficient (Wildman–Crippen LogP) is 2.52. The highest BCUT2D eigenvalue weighted by molar-refractivity contribution is 5.42. The summed E-state index contributed by atoms with van der Waals surface area (Å²) in [5.74, 6) is 0.877. The van der Waals surface area contributed by atoms with Crippen molar-refractivity contribution in [3.63, 3.8) is 0 Å². The number of allylic oxidation sites excluding steroid dienone is 1. The summed E-state index contributed by atoms with van der Waals surface area (Å²) in [7, 11) is 0. The van der Waals surface area contributed by atoms with E-state index in [1.807, 2.05) is 25.3 Å². The molecule has 1 aromatic heterocycles. The molecule has 0 saturated carbocycles. The number of nitrogens with zero attached hydrogens (tertiary/aromatic N) is 2. The van der Waals surface area contributed by atoms with E-state index in [4.69, 9.17) is 10.5 Å². The molecular formula is C17H28N4O. The van der Waals surface area contributed by atoms with Crippen molar-refractivity contribution >= 4 is 5.82 Å². The van der Waals surface area contributed by atoms with Crippen LogP contribution in [-0.4, -0.2) is 42.7 Å². The normalized spacial score (nSPS) is 15.2. The molecule has 2 heterocycles. The molecule has 0 amide bonds. The molecule has 0 unspecified atom stereocenters. The average Bonchev–Trinajstić information content (AvgIpc) is 2.54. The van der Waals surface area contributed by atoms with Crippen LogP contribution in [0.3, 0.4) is 0 Å². The van der Waals surface area contributed by atoms with Crippen molar-refractivity contribution in [2.24, 2.45) is 5.73 Å². The molecule has 0 spiro atoms. The zero-order chi connectivity index (χ0) is 16.2. The molecule has 1 fully saturated rings. The zero-order valence-corrected chi connectivity index (χ0v) is 13.7. The second-order valence-corrected chi connectivity index (χ2v) is 5.18. The van der Waals surface area contributed by atoms with Gasteiger partial charge in [-0.3, -0.25) is 4.90 Å². The second kappa shape index (κ2) is 10.8. The van der Waals surface area contributed by atoms with Gasteiger partial charge in [0.15, 0.2) is 0 Å². The number of anilines is 1. The van der Waals surface area contributed by atoms with E-state index in [0.29, 0.717) is 0 Å². The van der Waals surface area contributed by atoms with E-state index in [-0.39, 0.29) is 0 Å². The third kappa shape index (κ3) is 7.81. The Hall–Kier alpha value is -1.85. The Labute approximate surface area is 133 Å². The fourth-order valence-corrected chi connectivity index (χ4v) is 1.97. The lowest BCUT2D eigenvalue weighted by Gasteiger charge is -2.26. The molecule has 2 rings (SSSR count). The summed E-state index contributed by atoms with van der Waals surface area (Å²) in [4.78, 5) is 6.67. The molecule has 1 saturated heterocycles. The van der Waals surface area contributed by atoms with Gasteiger partial charge >= 0.3 is 0 Å². The molecule has 22 heavy (non-hydrogen) atoms. The van der Waals surface area contributed by atoms with Gasteiger partial charge in [0.1, 0.15) is 5.82 Å². The minimum Gasteiger partial charge on any atom is -0.405 e. The fourth-order valence-electron chi connectivity index (χ4n) is 1.97. The smallest absolute Gasteiger partial charge is 0.130 e. The highest BCUT2D eigenvalue weighted by Gasteiger charge is 2.10. The quantitative estimate of drug-likeness (QED) is 0.875. The summed E-state index contributed by atoms with van der Waals surface area (Å²) < 4.78 is 5.33. The van der Waals surface area contributed by atoms with Gasteiger partial charge in [-0.15, -0.1) is 0 Å². The molecule has 1 aliphatic heterocycles. The molecule has 122 valence electrons. The third-order valence-electron chi connectivity index (χ3n) is 3.25. The van der Waals surface area contributed by atoms with Crippen molar-refractivity contribution in [1.82, 2.24) is 9.88 Å². The first-order chi connectivity index (χ1) is 10.7. The summed E-state index contributed by atoms with van der Waals surface area (Å²) in [5.41, 5.74) is 7.06. The Morgan fingerprint density at radius 1 is 1.50 bits per heavy atom. The number of rotatable bonds is 5. The third-order valence-corrected chi connectivity index (χ3v) is 3.25. The highest BCUT2D eigenvalue weighted by Crippen LogP contribution is 2.10. The fraction of sp³-hybridized carbons (Fsp3) is 0.471. The van der Waals surface area contributed by atoms with E-state index in [2.05, 4.69) is 28.7 Å². The summed E-state index contributed by atoms with van der Waals surface area (Å²) in [6.45, 7) is 12.8. The van der Waals surface area contributed by atoms with Crippen molar-refractivity contribution in [2.45, 2.75) is 20.3 Å². The number of hydrogen-bond donors (Lipinski definition) is 2. The molecule has 1 aliphatic rings. The maximum Gasteiger partial charge on any atom is 0.130 e. The molecule has 5 heteroatoms. The standard InChI is InChI=1S/C14H21N3O.C3H7N/c1-12-3-5-15-14(11-12)16-13(2)4-6-17-7-9-18-10-8-17;1-2-3-4/h3,5,11H,2,4,6-10H2,1H3,(H,15,16);2-3H,4H2,1H3/b;3-2-. The first-order valence-corrected chi connectivity index (χ1v) is 7.66. The molecule has 0 aromatic carbocycles. The molecule has 0 aliphatic carbocycles. The van der Waals surface area contributed by atoms with Crippen LogP contribution in [0.2, 0.25) is 0 Å². The van der Waals surface area contributed by atoms with Gasteiger partial charge in [0.25, 0.3) is 0 Å². The van der Waals surface area contributed by atoms with Crippen molar-refractivity contribution in [3.05, 3.63) is 48.4 Å². The Balaban J connectivity index is 0.000000541. The average molecular weight is 304 g/mol. The van der Waals surface area contributed by atoms with Gasteiger partial charge in [-0.05, 0) is 44.2 Å². The van der Waals surface area contributed by atoms with Crippen LogP contribution in [0.5, 0.6) is 0 Å². The van der Waals surface area contributed by atoms with Gasteiger partial charge in [-0.2, -0.15) is 0 Å². The number of morpholine rings is 1. The van der Waals surface area contributed by atoms with Crippen molar-refractivity contribution in [2.75, 3.05) is 38.2 Å². The van der Waals surface area contributed by atoms with Crippen molar-refractivity contribution in [1.29, 1.82) is 0 Å². The number of hydrogen-bond acceptors (Lipinski definition) is 5. The summed E-state index contributed by atoms with van der Waals surface area (Å²) in [6.07, 6.45) is 6.03. The molecule has 3 N–H and O–H groups in total. The van der Waals surface area contributed by atoms with E-state index < -0.39 is 0 Å². The molecule has 0 atom stereocenters. The Kier molecular flexibility index (Phi) is 8.95. The topological polar surface area (TPSA) is 63.4 Å². The Morgan fingerprint density at radius 3 is 2.77 bits per heavy atom. The largest absolute Gasteiger partial charge is 0.405 e. The second-order valence-electron chi connectivity index (χ2n) is 5.18. The lowest BCUT2D eigenvalue weighted by Crippen LogP contribution is -2.37. The molecule has 0 bridgehead atoms. The van der Waals surface area contributed by atoms with Crippen LogP contribution in [0.25, 0.3) is 0 Å². The first-order valence-electron chi connectivity index (χ1n) is 7.66. The van der Waals surface area contributed by atoms with Crippen molar-refractivity contribution < 1.29 is 4.74 Å². The van der Waals surface area contributed by atoms with Crippen LogP contribution in [0.4, 0.5) is 5.82 Å². The highest BCUT2D eigenvalue weighted by atomic mass is 16.5. The van der Waals surface area contributed by atoms with Crippen LogP contribution >= 0.6 is 0 Å². The van der Waals surface area contributed by atoms with E-state index >= 15 is 0 Å². The lowest BCUT2D eigenvalue weighted by molar-refractivity contribution is 0.0385. The van der Waals surface area contributed by atoms with Gasteiger partial charge in [0.2, 0.25) is 0 Å². The summed E-state index contributed by atoms with van der Waals surface area (Å²) >= 11 is 0. The number of pyridine rings is 1. The van der Waals surface area contributed by atoms with E-state index in [0.717, 1.165) is 50.8 Å². The monoisotopic (exact) mass is 304 g/mol. The predicted molar refractivity (Wildman–Crippen MR) is 92.6 cm³/mol. The van der Waals surface area contributed by atoms with Gasteiger partial charge in [-0.25, -0.2) is 4.98 Å². The zero-order valence-electron chi connectivity index (χ0n) is 13.7. The number of ether oxygens (including phenoxy) is 1. The number of aryl methyl sites for hydroxylation is 1. The van der Waals surface area contributed by atoms with Gasteiger partial charge < -0.3 is 15.8 Å². The van der Waals surface area contributed by atoms with Crippen LogP contribution < -0.4 is 11.1 Å². The number of nitrogens with two attached hydrogens (primary N) is 1. The molecule has 5 nitrogen and oxygen atoms in total. The maximum absolute atomic E-state index is 5.33. The van der Waals surface area contributed by atoms with Gasteiger partial charge in [-0.1, -0.05) is 12.7 Å². The minimum absolute atomic E-state index is 0.847. The SMILES string of the molecule is C/C=C\N.C=C(CCN1CCOCC1)Nc1cc(C)ccn1. The molecule has 0 radical (unpaired) electrons. The number of aromatic nitrogens is 1. The van der Waals surface area contributed by atoms with Crippen LogP contribution in [-0.2, 0) is 4.74 Å². The summed E-state index contributed by atoms with van der Waals surface area (Å²) in [5, 5.41) is 3.26. The first kappa shape index (κ1) is 18.2. The Morgan fingerprint density at radius 2 is 2.18 bits per heavy atom. The maximum atomic E-state index is 5.33.